The molecule has 17 heavy (non-hydrogen) atoms. The predicted molar refractivity (Wildman–Crippen MR) is 63.4 cm³/mol. The molecule has 0 unspecified atom stereocenters. The van der Waals surface area contributed by atoms with Crippen LogP contribution in [-0.4, -0.2) is 35.9 Å². The molecule has 0 atom stereocenters. The molecule has 0 saturated heterocycles. The van der Waals surface area contributed by atoms with E-state index in [4.69, 9.17) is 5.11 Å². The normalized spacial score (nSPS) is 17.8. The fourth-order valence-corrected chi connectivity index (χ4v) is 3.36. The number of aliphatic hydroxyl groups is 1. The molecule has 0 aromatic carbocycles. The van der Waals surface area contributed by atoms with Gasteiger partial charge < -0.3 is 5.11 Å². The van der Waals surface area contributed by atoms with Gasteiger partial charge in [0.1, 0.15) is 5.82 Å². The fourth-order valence-electron chi connectivity index (χ4n) is 2.05. The number of hydrogen-bond acceptors (Lipinski definition) is 5. The van der Waals surface area contributed by atoms with Gasteiger partial charge in [-0.3, -0.25) is 0 Å². The molecule has 1 aromatic heterocycles. The first-order valence-corrected chi connectivity index (χ1v) is 7.50. The minimum Gasteiger partial charge on any atom is -0.396 e. The van der Waals surface area contributed by atoms with Gasteiger partial charge in [0.2, 0.25) is 0 Å². The van der Waals surface area contributed by atoms with E-state index in [1.54, 1.807) is 0 Å². The van der Waals surface area contributed by atoms with E-state index in [-0.39, 0.29) is 18.1 Å². The number of aryl methyl sites for hydroxylation is 2. The van der Waals surface area contributed by atoms with Crippen molar-refractivity contribution in [2.45, 2.75) is 31.9 Å². The van der Waals surface area contributed by atoms with Crippen LogP contribution < -0.4 is 0 Å². The smallest absolute Gasteiger partial charge is 0.156 e. The van der Waals surface area contributed by atoms with Gasteiger partial charge in [-0.25, -0.2) is 18.4 Å². The maximum absolute atomic E-state index is 11.5. The van der Waals surface area contributed by atoms with Crippen LogP contribution in [0.3, 0.4) is 0 Å². The van der Waals surface area contributed by atoms with Gasteiger partial charge in [0.05, 0.1) is 17.2 Å². The van der Waals surface area contributed by atoms with Gasteiger partial charge in [-0.1, -0.05) is 0 Å². The Labute approximate surface area is 101 Å². The largest absolute Gasteiger partial charge is 0.396 e. The molecule has 0 bridgehead atoms. The quantitative estimate of drug-likeness (QED) is 0.834. The van der Waals surface area contributed by atoms with Crippen molar-refractivity contribution in [1.29, 1.82) is 0 Å². The van der Waals surface area contributed by atoms with Gasteiger partial charge in [-0.2, -0.15) is 0 Å². The molecule has 0 saturated carbocycles. The lowest BCUT2D eigenvalue weighted by Gasteiger charge is -2.17. The summed E-state index contributed by atoms with van der Waals surface area (Å²) in [6, 6.07) is 0. The second-order valence-corrected chi connectivity index (χ2v) is 6.50. The molecule has 1 N–H and O–H groups in total. The SMILES string of the molecule is Cc1nc(CCCO)nc2c1CCS(=O)(=O)C2. The van der Waals surface area contributed by atoms with Crippen LogP contribution in [0.15, 0.2) is 0 Å². The van der Waals surface area contributed by atoms with Gasteiger partial charge in [0, 0.05) is 18.7 Å². The first-order valence-electron chi connectivity index (χ1n) is 5.68. The predicted octanol–water partition coefficient (Wildman–Crippen LogP) is 0.181. The summed E-state index contributed by atoms with van der Waals surface area (Å²) in [7, 11) is -2.99. The summed E-state index contributed by atoms with van der Waals surface area (Å²) >= 11 is 0. The van der Waals surface area contributed by atoms with E-state index < -0.39 is 9.84 Å². The molecule has 2 heterocycles. The molecule has 94 valence electrons. The van der Waals surface area contributed by atoms with E-state index in [1.165, 1.54) is 0 Å². The highest BCUT2D eigenvalue weighted by atomic mass is 32.2. The van der Waals surface area contributed by atoms with Crippen LogP contribution in [0.5, 0.6) is 0 Å². The number of aromatic nitrogens is 2. The lowest BCUT2D eigenvalue weighted by Crippen LogP contribution is -2.22. The molecule has 1 aliphatic rings. The zero-order chi connectivity index (χ0) is 12.5. The average molecular weight is 256 g/mol. The summed E-state index contributed by atoms with van der Waals surface area (Å²) < 4.78 is 23.1. The van der Waals surface area contributed by atoms with Gasteiger partial charge >= 0.3 is 0 Å². The molecule has 0 aliphatic carbocycles. The zero-order valence-corrected chi connectivity index (χ0v) is 10.6. The van der Waals surface area contributed by atoms with E-state index >= 15 is 0 Å². The Hall–Kier alpha value is -1.01. The standard InChI is InChI=1S/C11H16N2O3S/c1-8-9-4-6-17(15,16)7-10(9)13-11(12-8)3-2-5-14/h14H,2-7H2,1H3. The second kappa shape index (κ2) is 4.70. The Balaban J connectivity index is 2.35. The van der Waals surface area contributed by atoms with Crippen LogP contribution in [0.25, 0.3) is 0 Å². The lowest BCUT2D eigenvalue weighted by molar-refractivity contribution is 0.287. The molecule has 6 heteroatoms. The Kier molecular flexibility index (Phi) is 3.44. The molecule has 2 rings (SSSR count). The number of fused-ring (bicyclic) bond motifs is 1. The molecular weight excluding hydrogens is 240 g/mol. The molecule has 0 amide bonds. The maximum atomic E-state index is 11.5. The molecule has 0 spiro atoms. The monoisotopic (exact) mass is 256 g/mol. The Bertz CT molecular complexity index is 526. The van der Waals surface area contributed by atoms with Gasteiger partial charge in [-0.05, 0) is 25.3 Å². The Morgan fingerprint density at radius 3 is 2.82 bits per heavy atom. The Morgan fingerprint density at radius 2 is 2.12 bits per heavy atom. The third-order valence-electron chi connectivity index (χ3n) is 2.92. The highest BCUT2D eigenvalue weighted by Crippen LogP contribution is 2.21. The summed E-state index contributed by atoms with van der Waals surface area (Å²) in [5.74, 6) is 0.852. The average Bonchev–Trinajstić information content (AvgIpc) is 2.24. The van der Waals surface area contributed by atoms with Crippen LogP contribution in [0.4, 0.5) is 0 Å². The Morgan fingerprint density at radius 1 is 1.35 bits per heavy atom. The van der Waals surface area contributed by atoms with E-state index in [0.717, 1.165) is 11.3 Å². The van der Waals surface area contributed by atoms with Gasteiger partial charge in [0.25, 0.3) is 0 Å². The van der Waals surface area contributed by atoms with Crippen LogP contribution >= 0.6 is 0 Å². The third-order valence-corrected chi connectivity index (χ3v) is 4.46. The molecule has 1 aromatic rings. The van der Waals surface area contributed by atoms with E-state index in [2.05, 4.69) is 9.97 Å². The van der Waals surface area contributed by atoms with E-state index in [1.807, 2.05) is 6.92 Å². The van der Waals surface area contributed by atoms with Crippen molar-refractivity contribution in [2.75, 3.05) is 12.4 Å². The van der Waals surface area contributed by atoms with Crippen molar-refractivity contribution >= 4 is 9.84 Å². The van der Waals surface area contributed by atoms with Crippen LogP contribution in [0.2, 0.25) is 0 Å². The highest BCUT2D eigenvalue weighted by Gasteiger charge is 2.24. The van der Waals surface area contributed by atoms with Crippen molar-refractivity contribution in [3.05, 3.63) is 22.8 Å². The minimum absolute atomic E-state index is 0.0256. The molecular formula is C11H16N2O3S. The highest BCUT2D eigenvalue weighted by molar-refractivity contribution is 7.90. The number of aliphatic hydroxyl groups excluding tert-OH is 1. The third kappa shape index (κ3) is 2.81. The van der Waals surface area contributed by atoms with E-state index in [0.29, 0.717) is 30.8 Å². The number of nitrogens with zero attached hydrogens (tertiary/aromatic N) is 2. The van der Waals surface area contributed by atoms with Crippen molar-refractivity contribution in [3.63, 3.8) is 0 Å². The summed E-state index contributed by atoms with van der Waals surface area (Å²) in [6.07, 6.45) is 1.71. The maximum Gasteiger partial charge on any atom is 0.156 e. The molecule has 1 aliphatic heterocycles. The summed E-state index contributed by atoms with van der Waals surface area (Å²) in [5, 5.41) is 8.77. The van der Waals surface area contributed by atoms with Crippen molar-refractivity contribution in [3.8, 4) is 0 Å². The fraction of sp³-hybridized carbons (Fsp3) is 0.636. The summed E-state index contributed by atoms with van der Waals surface area (Å²) in [6.45, 7) is 1.98. The van der Waals surface area contributed by atoms with Gasteiger partial charge in [-0.15, -0.1) is 0 Å². The molecule has 5 nitrogen and oxygen atoms in total. The van der Waals surface area contributed by atoms with Crippen LogP contribution in [0, 0.1) is 6.92 Å². The number of hydrogen-bond donors (Lipinski definition) is 1. The van der Waals surface area contributed by atoms with Crippen LogP contribution in [0.1, 0.15) is 29.2 Å². The van der Waals surface area contributed by atoms with Crippen molar-refractivity contribution < 1.29 is 13.5 Å². The first-order chi connectivity index (χ1) is 8.02. The topological polar surface area (TPSA) is 80.2 Å². The second-order valence-electron chi connectivity index (χ2n) is 4.32. The van der Waals surface area contributed by atoms with Crippen molar-refractivity contribution in [1.82, 2.24) is 9.97 Å². The summed E-state index contributed by atoms with van der Waals surface area (Å²) in [4.78, 5) is 8.66. The molecule has 0 radical (unpaired) electrons. The first kappa shape index (κ1) is 12.4. The number of sulfone groups is 1. The zero-order valence-electron chi connectivity index (χ0n) is 9.81. The van der Waals surface area contributed by atoms with Gasteiger partial charge in [0.15, 0.2) is 9.84 Å². The lowest BCUT2D eigenvalue weighted by atomic mass is 10.1. The molecule has 0 fully saturated rings. The van der Waals surface area contributed by atoms with Crippen LogP contribution in [-0.2, 0) is 28.4 Å². The van der Waals surface area contributed by atoms with Crippen molar-refractivity contribution in [2.24, 2.45) is 0 Å². The van der Waals surface area contributed by atoms with E-state index in [9.17, 15) is 8.42 Å². The summed E-state index contributed by atoms with van der Waals surface area (Å²) in [5.41, 5.74) is 2.50. The minimum atomic E-state index is -2.99. The number of rotatable bonds is 3.